The number of carbonyl (C=O) groups is 2. The van der Waals surface area contributed by atoms with Crippen molar-refractivity contribution in [2.24, 2.45) is 5.92 Å². The Morgan fingerprint density at radius 3 is 1.58 bits per heavy atom. The Bertz CT molecular complexity index is 336. The molecule has 0 radical (unpaired) electrons. The number of hydrogen-bond acceptors (Lipinski definition) is 2. The number of carboxylic acids is 2. The largest absolute Gasteiger partial charge is 0.481 e. The topological polar surface area (TPSA) is 74.6 Å². The summed E-state index contributed by atoms with van der Waals surface area (Å²) in [5, 5.41) is 17.5. The molecule has 4 nitrogen and oxygen atoms in total. The maximum absolute atomic E-state index is 10.7. The van der Waals surface area contributed by atoms with Gasteiger partial charge in [0.1, 0.15) is 0 Å². The minimum atomic E-state index is -1.24. The third kappa shape index (κ3) is 14.3. The highest BCUT2D eigenvalue weighted by Gasteiger charge is 2.24. The van der Waals surface area contributed by atoms with E-state index in [1.165, 1.54) is 57.8 Å². The molecular weight excluding hydrogens is 304 g/mol. The molecule has 2 N–H and O–H groups in total. The predicted molar refractivity (Wildman–Crippen MR) is 98.2 cm³/mol. The fourth-order valence-corrected chi connectivity index (χ4v) is 2.77. The standard InChI is InChI=1S/C20H36O4/c1-2-3-4-5-6-7-8-9-10-11-12-13-14-15-16-17-18(19(21)22)20(23)24/h7-8,18H,2-6,9-17H2,1H3,(H,21,22)(H,23,24). The summed E-state index contributed by atoms with van der Waals surface area (Å²) in [6.45, 7) is 2.23. The van der Waals surface area contributed by atoms with Gasteiger partial charge in [-0.1, -0.05) is 76.9 Å². The average Bonchev–Trinajstić information content (AvgIpc) is 2.53. The molecular formula is C20H36O4. The lowest BCUT2D eigenvalue weighted by atomic mass is 10.00. The normalized spacial score (nSPS) is 11.4. The van der Waals surface area contributed by atoms with Crippen LogP contribution in [0.4, 0.5) is 0 Å². The van der Waals surface area contributed by atoms with Crippen molar-refractivity contribution in [3.8, 4) is 0 Å². The highest BCUT2D eigenvalue weighted by atomic mass is 16.4. The zero-order valence-corrected chi connectivity index (χ0v) is 15.3. The van der Waals surface area contributed by atoms with E-state index in [0.717, 1.165) is 19.3 Å². The van der Waals surface area contributed by atoms with Crippen LogP contribution in [0, 0.1) is 5.92 Å². The average molecular weight is 341 g/mol. The minimum absolute atomic E-state index is 0.244. The summed E-state index contributed by atoms with van der Waals surface area (Å²) in [6.07, 6.45) is 20.1. The van der Waals surface area contributed by atoms with Gasteiger partial charge in [0, 0.05) is 0 Å². The summed E-state index contributed by atoms with van der Waals surface area (Å²) in [7, 11) is 0. The van der Waals surface area contributed by atoms with E-state index in [4.69, 9.17) is 10.2 Å². The van der Waals surface area contributed by atoms with Crippen LogP contribution in [0.25, 0.3) is 0 Å². The van der Waals surface area contributed by atoms with Crippen LogP contribution in [0.5, 0.6) is 0 Å². The first-order chi connectivity index (χ1) is 11.6. The van der Waals surface area contributed by atoms with Gasteiger partial charge in [0.15, 0.2) is 5.92 Å². The van der Waals surface area contributed by atoms with Gasteiger partial charge >= 0.3 is 11.9 Å². The van der Waals surface area contributed by atoms with E-state index in [0.29, 0.717) is 6.42 Å². The van der Waals surface area contributed by atoms with Crippen LogP contribution >= 0.6 is 0 Å². The molecule has 24 heavy (non-hydrogen) atoms. The van der Waals surface area contributed by atoms with Gasteiger partial charge in [-0.2, -0.15) is 0 Å². The second-order valence-electron chi connectivity index (χ2n) is 6.60. The van der Waals surface area contributed by atoms with E-state index in [1.807, 2.05) is 0 Å². The van der Waals surface area contributed by atoms with Gasteiger partial charge in [0.25, 0.3) is 0 Å². The first-order valence-corrected chi connectivity index (χ1v) is 9.70. The van der Waals surface area contributed by atoms with Crippen molar-refractivity contribution in [3.63, 3.8) is 0 Å². The molecule has 0 atom stereocenters. The van der Waals surface area contributed by atoms with Gasteiger partial charge in [-0.05, 0) is 32.1 Å². The van der Waals surface area contributed by atoms with Crippen LogP contribution in [-0.4, -0.2) is 22.2 Å². The van der Waals surface area contributed by atoms with E-state index in [2.05, 4.69) is 19.1 Å². The van der Waals surface area contributed by atoms with Crippen LogP contribution in [0.2, 0.25) is 0 Å². The first kappa shape index (κ1) is 22.7. The maximum Gasteiger partial charge on any atom is 0.317 e. The number of aliphatic carboxylic acids is 2. The first-order valence-electron chi connectivity index (χ1n) is 9.70. The summed E-state index contributed by atoms with van der Waals surface area (Å²) in [5.74, 6) is -3.68. The fraction of sp³-hybridized carbons (Fsp3) is 0.800. The molecule has 0 aliphatic carbocycles. The lowest BCUT2D eigenvalue weighted by Gasteiger charge is -2.06. The third-order valence-electron chi connectivity index (χ3n) is 4.35. The molecule has 0 aliphatic heterocycles. The quantitative estimate of drug-likeness (QED) is 0.199. The zero-order valence-electron chi connectivity index (χ0n) is 15.3. The van der Waals surface area contributed by atoms with Crippen molar-refractivity contribution in [1.29, 1.82) is 0 Å². The maximum atomic E-state index is 10.7. The van der Waals surface area contributed by atoms with Crippen molar-refractivity contribution in [1.82, 2.24) is 0 Å². The molecule has 0 saturated heterocycles. The second kappa shape index (κ2) is 16.5. The molecule has 0 aromatic rings. The van der Waals surface area contributed by atoms with Crippen molar-refractivity contribution in [3.05, 3.63) is 12.2 Å². The van der Waals surface area contributed by atoms with Crippen LogP contribution in [0.1, 0.15) is 96.8 Å². The smallest absolute Gasteiger partial charge is 0.317 e. The van der Waals surface area contributed by atoms with Crippen LogP contribution in [0.15, 0.2) is 12.2 Å². The monoisotopic (exact) mass is 340 g/mol. The molecule has 4 heteroatoms. The number of allylic oxidation sites excluding steroid dienone is 2. The van der Waals surface area contributed by atoms with E-state index < -0.39 is 17.9 Å². The SMILES string of the molecule is CCCCCCC=CCCCCCCCCCC(C(=O)O)C(=O)O. The predicted octanol–water partition coefficient (Wildman–Crippen LogP) is 5.81. The molecule has 140 valence electrons. The molecule has 0 saturated carbocycles. The molecule has 0 aliphatic rings. The van der Waals surface area contributed by atoms with Gasteiger partial charge in [-0.3, -0.25) is 9.59 Å². The molecule has 0 aromatic carbocycles. The van der Waals surface area contributed by atoms with Gasteiger partial charge < -0.3 is 10.2 Å². The molecule has 0 fully saturated rings. The number of rotatable bonds is 17. The summed E-state index contributed by atoms with van der Waals surface area (Å²) in [6, 6.07) is 0. The van der Waals surface area contributed by atoms with Crippen LogP contribution < -0.4 is 0 Å². The second-order valence-corrected chi connectivity index (χ2v) is 6.60. The highest BCUT2D eigenvalue weighted by molar-refractivity contribution is 5.92. The molecule has 0 rings (SSSR count). The molecule has 0 unspecified atom stereocenters. The Labute approximate surface area is 147 Å². The fourth-order valence-electron chi connectivity index (χ4n) is 2.77. The van der Waals surface area contributed by atoms with Gasteiger partial charge in [-0.25, -0.2) is 0 Å². The summed E-state index contributed by atoms with van der Waals surface area (Å²) >= 11 is 0. The van der Waals surface area contributed by atoms with Crippen molar-refractivity contribution in [2.75, 3.05) is 0 Å². The molecule has 0 aromatic heterocycles. The molecule has 0 amide bonds. The van der Waals surface area contributed by atoms with Gasteiger partial charge in [-0.15, -0.1) is 0 Å². The van der Waals surface area contributed by atoms with E-state index in [1.54, 1.807) is 0 Å². The van der Waals surface area contributed by atoms with E-state index >= 15 is 0 Å². The Kier molecular flexibility index (Phi) is 15.6. The summed E-state index contributed by atoms with van der Waals surface area (Å²) in [4.78, 5) is 21.5. The van der Waals surface area contributed by atoms with Gasteiger partial charge in [0.2, 0.25) is 0 Å². The molecule has 0 heterocycles. The number of unbranched alkanes of at least 4 members (excludes halogenated alkanes) is 11. The van der Waals surface area contributed by atoms with Crippen molar-refractivity contribution < 1.29 is 19.8 Å². The Balaban J connectivity index is 3.32. The Hall–Kier alpha value is -1.32. The van der Waals surface area contributed by atoms with Crippen molar-refractivity contribution >= 4 is 11.9 Å². The van der Waals surface area contributed by atoms with E-state index in [9.17, 15) is 9.59 Å². The lowest BCUT2D eigenvalue weighted by Crippen LogP contribution is -2.23. The minimum Gasteiger partial charge on any atom is -0.481 e. The van der Waals surface area contributed by atoms with Crippen molar-refractivity contribution in [2.45, 2.75) is 96.8 Å². The number of hydrogen-bond donors (Lipinski definition) is 2. The Morgan fingerprint density at radius 2 is 1.12 bits per heavy atom. The molecule has 0 bridgehead atoms. The van der Waals surface area contributed by atoms with Gasteiger partial charge in [0.05, 0.1) is 0 Å². The van der Waals surface area contributed by atoms with Crippen LogP contribution in [0.3, 0.4) is 0 Å². The lowest BCUT2D eigenvalue weighted by molar-refractivity contribution is -0.154. The van der Waals surface area contributed by atoms with Crippen LogP contribution in [-0.2, 0) is 9.59 Å². The highest BCUT2D eigenvalue weighted by Crippen LogP contribution is 2.14. The summed E-state index contributed by atoms with van der Waals surface area (Å²) < 4.78 is 0. The molecule has 0 spiro atoms. The zero-order chi connectivity index (χ0) is 18.0. The number of carboxylic acid groups (broad SMARTS) is 2. The van der Waals surface area contributed by atoms with E-state index in [-0.39, 0.29) is 6.42 Å². The summed E-state index contributed by atoms with van der Waals surface area (Å²) in [5.41, 5.74) is 0. The Morgan fingerprint density at radius 1 is 0.708 bits per heavy atom. The third-order valence-corrected chi connectivity index (χ3v) is 4.35.